The quantitative estimate of drug-likeness (QED) is 0.0522. The predicted molar refractivity (Wildman–Crippen MR) is 263 cm³/mol. The van der Waals surface area contributed by atoms with Crippen molar-refractivity contribution in [2.45, 2.75) is 223 Å². The third-order valence-corrected chi connectivity index (χ3v) is 18.8. The molecule has 440 valence electrons. The zero-order chi connectivity index (χ0) is 57.9. The third kappa shape index (κ3) is 10.1. The van der Waals surface area contributed by atoms with Crippen molar-refractivity contribution in [3.05, 3.63) is 35.6 Å². The van der Waals surface area contributed by atoms with Crippen LogP contribution in [0.5, 0.6) is 0 Å². The van der Waals surface area contributed by atoms with Gasteiger partial charge in [0.25, 0.3) is 0 Å². The fourth-order valence-electron chi connectivity index (χ4n) is 14.1. The van der Waals surface area contributed by atoms with Gasteiger partial charge in [0.15, 0.2) is 36.5 Å². The Balaban J connectivity index is 1.09. The molecule has 6 fully saturated rings. The summed E-state index contributed by atoms with van der Waals surface area (Å²) in [6.07, 6.45) is -24.3. The van der Waals surface area contributed by atoms with E-state index in [2.05, 4.69) is 0 Å². The lowest BCUT2D eigenvalue weighted by Crippen LogP contribution is -2.64. The number of Topliss-reactive ketones (excluding diaryl/α,β-unsaturated/α-hetero) is 2. The average Bonchev–Trinajstić information content (AvgIpc) is 3.28. The molecule has 4 heterocycles. The van der Waals surface area contributed by atoms with E-state index in [-0.39, 0.29) is 30.8 Å². The zero-order valence-electron chi connectivity index (χ0n) is 45.8. The molecule has 0 unspecified atom stereocenters. The summed E-state index contributed by atoms with van der Waals surface area (Å²) in [6.45, 7) is 16.0. The molecule has 0 aromatic rings. The van der Waals surface area contributed by atoms with Crippen molar-refractivity contribution in [2.75, 3.05) is 13.2 Å². The summed E-state index contributed by atoms with van der Waals surface area (Å²) in [5.74, 6) is -4.97. The highest BCUT2D eigenvalue weighted by molar-refractivity contribution is 6.02. The van der Waals surface area contributed by atoms with Crippen LogP contribution in [0, 0.1) is 39.4 Å². The molecule has 4 aliphatic heterocycles. The van der Waals surface area contributed by atoms with Gasteiger partial charge in [-0.25, -0.2) is 0 Å². The molecule has 0 bridgehead atoms. The Hall–Kier alpha value is -3.22. The summed E-state index contributed by atoms with van der Waals surface area (Å²) in [7, 11) is 0. The Morgan fingerprint density at radius 3 is 1.86 bits per heavy atom. The molecule has 0 amide bonds. The summed E-state index contributed by atoms with van der Waals surface area (Å²) in [4.78, 5) is 55.8. The Kier molecular flexibility index (Phi) is 16.8. The SMILES string of the molecule is CC(=O)OC(C)(C)/C=C/C(=O)[C@](C)(O)[C@H]1[C@H](O)C[C@@]2(C)[C@@H]3CC=C4[C@@H](C=C(O[C@@H]5OC[C@H](O[C@@H]6O[C@@H](CO)[C@H](O)[C@H]6O[C@@H]6O[C@H](C)[C@@H](O)[C@H](O)[C@H]6O)[C@H](O)[C@H]5O[C@@H]5O[C@H](C)[C@@H](O)[C@H](O)[C@H]5O)C(=O)C4(C)C)[C@]3(C)C(=O)C[C@]12C. The van der Waals surface area contributed by atoms with Gasteiger partial charge in [0, 0.05) is 30.6 Å². The van der Waals surface area contributed by atoms with Gasteiger partial charge in [-0.2, -0.15) is 0 Å². The van der Waals surface area contributed by atoms with Crippen LogP contribution in [0.1, 0.15) is 95.4 Å². The second kappa shape index (κ2) is 21.5. The van der Waals surface area contributed by atoms with Gasteiger partial charge in [-0.1, -0.05) is 32.4 Å². The van der Waals surface area contributed by atoms with Gasteiger partial charge in [0.05, 0.1) is 36.9 Å². The summed E-state index contributed by atoms with van der Waals surface area (Å²) in [6, 6.07) is 0. The standard InChI is InChI=1S/C54H80O24/c1-21-33(60)37(64)39(66)45(71-21)76-41-36(63)29(75-48-42(35(62)28(19-55)74-48)77-46-40(67)38(65)34(61)22(2)72-46)20-70-47(41)73-27-16-25-24(50(6,7)44(27)68)12-13-30-51(8)17-26(57)43(52(51,9)18-32(59)53(25,30)10)54(11,69)31(58)14-15-49(4,5)78-23(3)56/h12,14-16,21-22,25-26,28-30,33-43,45-48,55,57,60-67,69H,13,17-20H2,1-11H3/b15-14+/t21-,22-,25-,26-,28+,29+,30+,33-,34-,35+,36+,37+,38+,39-,40-,41-,42-,43+,45+,46+,47+,48+,51+,52-,53+,54+/m1/s1. The van der Waals surface area contributed by atoms with Crippen LogP contribution in [-0.2, 0) is 61.8 Å². The van der Waals surface area contributed by atoms with Gasteiger partial charge in [-0.05, 0) is 96.3 Å². The van der Waals surface area contributed by atoms with Crippen LogP contribution in [-0.4, -0.2) is 221 Å². The number of aliphatic hydroxyl groups is 11. The second-order valence-corrected chi connectivity index (χ2v) is 24.7. The van der Waals surface area contributed by atoms with Gasteiger partial charge in [-0.15, -0.1) is 0 Å². The first-order valence-electron chi connectivity index (χ1n) is 26.7. The number of ketones is 3. The minimum absolute atomic E-state index is 0.0930. The summed E-state index contributed by atoms with van der Waals surface area (Å²) < 4.78 is 53.2. The predicted octanol–water partition coefficient (Wildman–Crippen LogP) is -1.75. The van der Waals surface area contributed by atoms with Crippen LogP contribution in [0.3, 0.4) is 0 Å². The van der Waals surface area contributed by atoms with Gasteiger partial charge < -0.3 is 98.8 Å². The van der Waals surface area contributed by atoms with E-state index in [1.165, 1.54) is 39.8 Å². The molecule has 4 aliphatic carbocycles. The molecule has 2 saturated carbocycles. The number of hydrogen-bond donors (Lipinski definition) is 11. The monoisotopic (exact) mass is 1110 g/mol. The first kappa shape index (κ1) is 60.9. The number of esters is 1. The molecule has 8 aliphatic rings. The molecule has 24 heteroatoms. The molecular weight excluding hydrogens is 1030 g/mol. The van der Waals surface area contributed by atoms with E-state index in [0.29, 0.717) is 5.57 Å². The molecule has 78 heavy (non-hydrogen) atoms. The van der Waals surface area contributed by atoms with Gasteiger partial charge in [-0.3, -0.25) is 19.2 Å². The molecule has 24 nitrogen and oxygen atoms in total. The Labute approximate surface area is 451 Å². The largest absolute Gasteiger partial charge is 0.459 e. The molecule has 26 atom stereocenters. The number of fused-ring (bicyclic) bond motifs is 5. The summed E-state index contributed by atoms with van der Waals surface area (Å²) in [5.41, 5.74) is -7.47. The van der Waals surface area contributed by atoms with Gasteiger partial charge in [0.1, 0.15) is 84.1 Å². The number of hydrogen-bond acceptors (Lipinski definition) is 24. The van der Waals surface area contributed by atoms with Crippen LogP contribution in [0.2, 0.25) is 0 Å². The number of carbonyl (C=O) groups is 4. The molecule has 0 aromatic heterocycles. The smallest absolute Gasteiger partial charge is 0.303 e. The van der Waals surface area contributed by atoms with Crippen molar-refractivity contribution >= 4 is 23.3 Å². The molecule has 0 radical (unpaired) electrons. The van der Waals surface area contributed by atoms with E-state index in [0.717, 1.165) is 6.08 Å². The maximum absolute atomic E-state index is 15.3. The van der Waals surface area contributed by atoms with Gasteiger partial charge >= 0.3 is 5.97 Å². The van der Waals surface area contributed by atoms with Crippen molar-refractivity contribution in [3.8, 4) is 0 Å². The van der Waals surface area contributed by atoms with Crippen molar-refractivity contribution < 1.29 is 118 Å². The molecule has 0 aromatic carbocycles. The minimum Gasteiger partial charge on any atom is -0.459 e. The first-order chi connectivity index (χ1) is 36.1. The van der Waals surface area contributed by atoms with Crippen molar-refractivity contribution in [1.82, 2.24) is 0 Å². The maximum atomic E-state index is 15.3. The number of ether oxygens (including phenoxy) is 9. The van der Waals surface area contributed by atoms with Crippen molar-refractivity contribution in [1.29, 1.82) is 0 Å². The number of aliphatic hydroxyl groups excluding tert-OH is 10. The first-order valence-corrected chi connectivity index (χ1v) is 26.7. The Morgan fingerprint density at radius 1 is 0.744 bits per heavy atom. The van der Waals surface area contributed by atoms with E-state index in [1.54, 1.807) is 41.5 Å². The topological polar surface area (TPSA) is 374 Å². The van der Waals surface area contributed by atoms with E-state index in [9.17, 15) is 70.6 Å². The lowest BCUT2D eigenvalue weighted by molar-refractivity contribution is -0.362. The van der Waals surface area contributed by atoms with Crippen LogP contribution in [0.4, 0.5) is 0 Å². The number of rotatable bonds is 14. The lowest BCUT2D eigenvalue weighted by Gasteiger charge is -2.63. The van der Waals surface area contributed by atoms with E-state index < -0.39 is 198 Å². The normalized spacial score (nSPS) is 48.3. The highest BCUT2D eigenvalue weighted by Gasteiger charge is 2.74. The van der Waals surface area contributed by atoms with Crippen LogP contribution in [0.15, 0.2) is 35.6 Å². The fourth-order valence-corrected chi connectivity index (χ4v) is 14.1. The Morgan fingerprint density at radius 2 is 1.31 bits per heavy atom. The third-order valence-electron chi connectivity index (χ3n) is 18.8. The fraction of sp³-hybridized carbons (Fsp3) is 0.815. The minimum atomic E-state index is -2.19. The van der Waals surface area contributed by atoms with Crippen molar-refractivity contribution in [2.24, 2.45) is 39.4 Å². The summed E-state index contributed by atoms with van der Waals surface area (Å²) >= 11 is 0. The molecule has 4 saturated heterocycles. The zero-order valence-corrected chi connectivity index (χ0v) is 45.8. The maximum Gasteiger partial charge on any atom is 0.303 e. The molecule has 11 N–H and O–H groups in total. The number of carbonyl (C=O) groups excluding carboxylic acids is 4. The summed E-state index contributed by atoms with van der Waals surface area (Å²) in [5, 5.41) is 122. The average molecular weight is 1110 g/mol. The van der Waals surface area contributed by atoms with Crippen LogP contribution >= 0.6 is 0 Å². The number of allylic oxidation sites excluding steroid dienone is 4. The van der Waals surface area contributed by atoms with Crippen LogP contribution in [0.25, 0.3) is 0 Å². The van der Waals surface area contributed by atoms with E-state index in [4.69, 9.17) is 42.6 Å². The second-order valence-electron chi connectivity index (χ2n) is 24.7. The van der Waals surface area contributed by atoms with Gasteiger partial charge in [0.2, 0.25) is 12.1 Å². The molecule has 8 rings (SSSR count). The lowest BCUT2D eigenvalue weighted by atomic mass is 9.39. The Bertz CT molecular complexity index is 2390. The highest BCUT2D eigenvalue weighted by atomic mass is 16.8. The van der Waals surface area contributed by atoms with Crippen LogP contribution < -0.4 is 0 Å². The molecular formula is C54H80O24. The highest BCUT2D eigenvalue weighted by Crippen LogP contribution is 2.74. The van der Waals surface area contributed by atoms with E-state index in [1.807, 2.05) is 13.0 Å². The van der Waals surface area contributed by atoms with E-state index >= 15 is 4.79 Å². The molecule has 0 spiro atoms. The van der Waals surface area contributed by atoms with Crippen molar-refractivity contribution in [3.63, 3.8) is 0 Å².